The summed E-state index contributed by atoms with van der Waals surface area (Å²) < 4.78 is 23.5. The average Bonchev–Trinajstić information content (AvgIpc) is 4.05. The fourth-order valence-corrected chi connectivity index (χ4v) is 12.6. The molecule has 3 aromatic carbocycles. The maximum Gasteiger partial charge on any atom is 0.353 e. The number of carbonyl (C=O) groups is 7. The van der Waals surface area contributed by atoms with Gasteiger partial charge in [-0.25, -0.2) is 19.4 Å². The van der Waals surface area contributed by atoms with Crippen molar-refractivity contribution < 1.29 is 67.8 Å². The molecule has 1 aromatic heterocycles. The van der Waals surface area contributed by atoms with Crippen molar-refractivity contribution >= 4 is 64.7 Å². The van der Waals surface area contributed by atoms with Crippen LogP contribution in [-0.4, -0.2) is 146 Å². The molecule has 4 aliphatic rings. The Morgan fingerprint density at radius 2 is 1.65 bits per heavy atom. The smallest absolute Gasteiger partial charge is 0.353 e. The lowest BCUT2D eigenvalue weighted by molar-refractivity contribution is -0.164. The Bertz CT molecular complexity index is 3040. The number of carboxylic acids is 2. The lowest BCUT2D eigenvalue weighted by Gasteiger charge is -2.46. The minimum Gasteiger partial charge on any atom is -0.493 e. The molecule has 20 nitrogen and oxygen atoms in total. The van der Waals surface area contributed by atoms with E-state index in [0.717, 1.165) is 11.1 Å². The van der Waals surface area contributed by atoms with E-state index < -0.39 is 77.2 Å². The number of pyridine rings is 1. The van der Waals surface area contributed by atoms with Gasteiger partial charge in [0.05, 0.1) is 50.4 Å². The van der Waals surface area contributed by atoms with Crippen molar-refractivity contribution in [1.29, 1.82) is 0 Å². The Morgan fingerprint density at radius 3 is 2.35 bits per heavy atom. The number of ether oxygens (including phenoxy) is 4. The number of hydrogen-bond donors (Lipinski definition) is 5. The number of Topliss-reactive ketones (excluding diaryl/α,β-unsaturated/α-hetero) is 1. The molecule has 5 N–H and O–H groups in total. The number of hydrogen-bond acceptors (Lipinski definition) is 16. The van der Waals surface area contributed by atoms with E-state index in [1.54, 1.807) is 52.5 Å². The van der Waals surface area contributed by atoms with Crippen LogP contribution in [0.1, 0.15) is 106 Å². The average molecular weight is 1130 g/mol. The number of benzene rings is 3. The number of methoxy groups -OCH3 is 2. The number of ketones is 1. The highest BCUT2D eigenvalue weighted by atomic mass is 32.2. The first-order valence-electron chi connectivity index (χ1n) is 27.4. The molecule has 432 valence electrons. The second-order valence-corrected chi connectivity index (χ2v) is 23.0. The van der Waals surface area contributed by atoms with E-state index in [4.69, 9.17) is 18.9 Å². The van der Waals surface area contributed by atoms with Crippen LogP contribution in [0.2, 0.25) is 0 Å². The molecule has 8 rings (SSSR count). The molecule has 3 fully saturated rings. The monoisotopic (exact) mass is 1130 g/mol. The first-order chi connectivity index (χ1) is 38.7. The van der Waals surface area contributed by atoms with E-state index in [-0.39, 0.29) is 41.5 Å². The molecule has 0 saturated carbocycles. The van der Waals surface area contributed by atoms with Gasteiger partial charge >= 0.3 is 17.9 Å². The number of aliphatic carboxylic acids is 1. The van der Waals surface area contributed by atoms with Gasteiger partial charge < -0.3 is 54.7 Å². The largest absolute Gasteiger partial charge is 0.493 e. The number of thioether (sulfide) groups is 1. The number of fused-ring (bicyclic) bond motifs is 1. The number of likely N-dealkylation sites (tertiary alicyclic amines) is 2. The number of β-lactam (4-membered cyclic amide) rings is 1. The van der Waals surface area contributed by atoms with Crippen molar-refractivity contribution in [2.24, 2.45) is 17.3 Å². The zero-order valence-electron chi connectivity index (χ0n) is 46.7. The van der Waals surface area contributed by atoms with Crippen molar-refractivity contribution in [1.82, 2.24) is 19.7 Å². The number of piperidine rings is 1. The molecule has 0 unspecified atom stereocenters. The van der Waals surface area contributed by atoms with Crippen molar-refractivity contribution in [3.05, 3.63) is 118 Å². The topological polar surface area (TPSA) is 264 Å². The van der Waals surface area contributed by atoms with Gasteiger partial charge in [0, 0.05) is 53.0 Å². The minimum absolute atomic E-state index is 0.0112. The number of esters is 1. The quantitative estimate of drug-likeness (QED) is 0.0188. The first-order valence-corrected chi connectivity index (χ1v) is 28.3. The maximum absolute atomic E-state index is 14.2. The molecule has 81 heavy (non-hydrogen) atoms. The lowest BCUT2D eigenvalue weighted by atomic mass is 9.79. The number of nitrogens with zero attached hydrogens (tertiary/aromatic N) is 4. The second-order valence-electron chi connectivity index (χ2n) is 21.7. The summed E-state index contributed by atoms with van der Waals surface area (Å²) in [5.74, 6) is -3.77. The van der Waals surface area contributed by atoms with Gasteiger partial charge in [-0.15, -0.1) is 11.8 Å². The third kappa shape index (κ3) is 13.5. The Kier molecular flexibility index (Phi) is 19.1. The van der Waals surface area contributed by atoms with E-state index >= 15 is 0 Å². The van der Waals surface area contributed by atoms with E-state index in [0.29, 0.717) is 104 Å². The molecule has 4 aliphatic heterocycles. The van der Waals surface area contributed by atoms with Crippen LogP contribution in [0.25, 0.3) is 0 Å². The molecule has 5 heterocycles. The van der Waals surface area contributed by atoms with Gasteiger partial charge in [-0.3, -0.25) is 24.1 Å². The fourth-order valence-electron chi connectivity index (χ4n) is 11.1. The minimum atomic E-state index is -1.23. The SMILES string of the molecule is CCC(C)(C)C(=O)C(=O)N1CCCC[C@H]1C(=O)O[C@H](CCc1ccc(OC)c(OC)c1)c1cccc(OCCNc2ccc(CN3C[C@@H](SC4=C(C(=O)O)N5C(=O)[C@H]([C@@H](C)O)[C@H]5[C@H]4C)C[C@H]3C(=O)Nc3cccc(C(=O)O)c3)cn2)c1. The molecule has 0 spiro atoms. The number of rotatable bonds is 25. The number of aryl methyl sites for hydroxylation is 1. The van der Waals surface area contributed by atoms with E-state index in [1.165, 1.54) is 40.6 Å². The zero-order chi connectivity index (χ0) is 58.3. The zero-order valence-corrected chi connectivity index (χ0v) is 47.5. The van der Waals surface area contributed by atoms with Crippen LogP contribution >= 0.6 is 11.8 Å². The summed E-state index contributed by atoms with van der Waals surface area (Å²) >= 11 is 1.34. The number of amides is 3. The van der Waals surface area contributed by atoms with E-state index in [2.05, 4.69) is 15.6 Å². The van der Waals surface area contributed by atoms with Crippen molar-refractivity contribution in [3.63, 3.8) is 0 Å². The first kappa shape index (κ1) is 59.6. The predicted octanol–water partition coefficient (Wildman–Crippen LogP) is 7.36. The fraction of sp³-hybridized carbons (Fsp3) is 0.467. The van der Waals surface area contributed by atoms with Crippen LogP contribution in [0.3, 0.4) is 0 Å². The summed E-state index contributed by atoms with van der Waals surface area (Å²) in [7, 11) is 3.13. The van der Waals surface area contributed by atoms with Gasteiger partial charge in [-0.05, 0) is 117 Å². The summed E-state index contributed by atoms with van der Waals surface area (Å²) in [5, 5.41) is 36.2. The molecule has 8 atom stereocenters. The summed E-state index contributed by atoms with van der Waals surface area (Å²) in [6.45, 7) is 10.3. The van der Waals surface area contributed by atoms with Gasteiger partial charge in [0.15, 0.2) is 11.5 Å². The summed E-state index contributed by atoms with van der Waals surface area (Å²) in [6.07, 6.45) is 3.43. The predicted molar refractivity (Wildman–Crippen MR) is 302 cm³/mol. The van der Waals surface area contributed by atoms with Crippen LogP contribution in [0.15, 0.2) is 95.7 Å². The van der Waals surface area contributed by atoms with Crippen molar-refractivity contribution in [3.8, 4) is 17.2 Å². The third-order valence-electron chi connectivity index (χ3n) is 15.9. The Labute approximate surface area is 475 Å². The highest BCUT2D eigenvalue weighted by Gasteiger charge is 2.60. The van der Waals surface area contributed by atoms with Crippen LogP contribution in [-0.2, 0) is 46.5 Å². The number of nitrogens with one attached hydrogen (secondary N) is 2. The lowest BCUT2D eigenvalue weighted by Crippen LogP contribution is -2.63. The molecule has 0 radical (unpaired) electrons. The van der Waals surface area contributed by atoms with Gasteiger partial charge in [-0.2, -0.15) is 0 Å². The van der Waals surface area contributed by atoms with Crippen molar-refractivity contribution in [2.75, 3.05) is 51.1 Å². The molecular formula is C60H72N6O14S. The van der Waals surface area contributed by atoms with Gasteiger partial charge in [-0.1, -0.05) is 58.0 Å². The van der Waals surface area contributed by atoms with Crippen LogP contribution in [0.4, 0.5) is 11.5 Å². The second kappa shape index (κ2) is 26.0. The molecule has 3 amide bonds. The molecule has 0 bridgehead atoms. The van der Waals surface area contributed by atoms with Crippen LogP contribution in [0.5, 0.6) is 17.2 Å². The summed E-state index contributed by atoms with van der Waals surface area (Å²) in [5.41, 5.74) is 1.75. The molecule has 0 aliphatic carbocycles. The summed E-state index contributed by atoms with van der Waals surface area (Å²) in [4.78, 5) is 102. The number of carboxylic acid groups (broad SMARTS) is 2. The number of aromatic carboxylic acids is 1. The molecular weight excluding hydrogens is 1060 g/mol. The Hall–Kier alpha value is -7.49. The number of aliphatic hydroxyl groups is 1. The molecule has 21 heteroatoms. The number of aliphatic hydroxyl groups excluding tert-OH is 1. The third-order valence-corrected chi connectivity index (χ3v) is 17.4. The van der Waals surface area contributed by atoms with Gasteiger partial charge in [0.1, 0.15) is 36.0 Å². The standard InChI is InChI=1S/C60H72N6O14S/c1-8-60(4,5)53(68)56(71)65-25-10-9-17-43(65)59(76)80-45(21-18-36-19-22-46(77-6)47(27-36)78-7)38-13-12-16-41(29-38)79-26-24-61-48-23-20-37(31-62-48)32-64-33-42(30-44(64)54(69)63-40-15-11-14-39(28-40)57(72)73)81-52-34(2)50-49(35(3)67)55(70)66(50)51(52)58(74)75/h11-16,19-20,22-23,27-29,31,34-35,42-45,49-50,67H,8-10,17-18,21,24-26,30,32-33H2,1-7H3,(H,61,62)(H,63,69)(H,72,73)(H,74,75)/t34-,35-,42+,43+,44+,45-,49-,50-/m1/s1. The molecule has 3 saturated heterocycles. The van der Waals surface area contributed by atoms with Crippen LogP contribution < -0.4 is 24.8 Å². The van der Waals surface area contributed by atoms with Crippen LogP contribution in [0, 0.1) is 17.3 Å². The highest BCUT2D eigenvalue weighted by Crippen LogP contribution is 2.52. The normalized spacial score (nSPS) is 21.6. The Balaban J connectivity index is 0.921. The number of carbonyl (C=O) groups excluding carboxylic acids is 5. The van der Waals surface area contributed by atoms with E-state index in [9.17, 15) is 48.9 Å². The summed E-state index contributed by atoms with van der Waals surface area (Å²) in [6, 6.07) is 20.5. The van der Waals surface area contributed by atoms with Gasteiger partial charge in [0.2, 0.25) is 17.6 Å². The molecule has 4 aromatic rings. The Morgan fingerprint density at radius 1 is 0.901 bits per heavy atom. The highest BCUT2D eigenvalue weighted by molar-refractivity contribution is 8.03. The number of aromatic nitrogens is 1. The van der Waals surface area contributed by atoms with Gasteiger partial charge in [0.25, 0.3) is 5.91 Å². The van der Waals surface area contributed by atoms with Crippen molar-refractivity contribution in [2.45, 2.75) is 122 Å². The van der Waals surface area contributed by atoms with E-state index in [1.807, 2.05) is 67.3 Å². The number of anilines is 2. The maximum atomic E-state index is 14.2.